The number of H-pyrrole nitrogens is 1. The molecular weight excluding hydrogens is 395 g/mol. The van der Waals surface area contributed by atoms with Crippen molar-refractivity contribution in [2.45, 2.75) is 5.92 Å². The van der Waals surface area contributed by atoms with Crippen LogP contribution in [0.25, 0.3) is 22.2 Å². The van der Waals surface area contributed by atoms with E-state index in [0.29, 0.717) is 15.6 Å². The first-order chi connectivity index (χ1) is 13.5. The standard InChI is InChI=1S/C22H16Cl2N2O2/c23-15-10-11-16(19(24)12-15)18(13-26(27)28)21-17-8-4-5-9-20(17)25-22(21)14-6-2-1-3-7-14/h1-12,18,25H,13H2/t18-/m1/s1. The monoisotopic (exact) mass is 410 g/mol. The van der Waals surface area contributed by atoms with Gasteiger partial charge < -0.3 is 4.98 Å². The molecule has 28 heavy (non-hydrogen) atoms. The fraction of sp³-hybridized carbons (Fsp3) is 0.0909. The lowest BCUT2D eigenvalue weighted by Crippen LogP contribution is -2.15. The summed E-state index contributed by atoms with van der Waals surface area (Å²) in [5.41, 5.74) is 4.30. The Morgan fingerprint density at radius 3 is 2.39 bits per heavy atom. The number of hydrogen-bond acceptors (Lipinski definition) is 2. The number of nitrogens with zero attached hydrogens (tertiary/aromatic N) is 1. The van der Waals surface area contributed by atoms with Crippen LogP contribution in [0.1, 0.15) is 17.0 Å². The zero-order chi connectivity index (χ0) is 19.7. The summed E-state index contributed by atoms with van der Waals surface area (Å²) in [4.78, 5) is 14.7. The van der Waals surface area contributed by atoms with Crippen molar-refractivity contribution >= 4 is 34.1 Å². The summed E-state index contributed by atoms with van der Waals surface area (Å²) in [5, 5.41) is 13.4. The van der Waals surface area contributed by atoms with Crippen LogP contribution in [0.3, 0.4) is 0 Å². The van der Waals surface area contributed by atoms with Crippen LogP contribution in [0.5, 0.6) is 0 Å². The van der Waals surface area contributed by atoms with Gasteiger partial charge in [0.1, 0.15) is 0 Å². The average Bonchev–Trinajstić information content (AvgIpc) is 3.06. The first kappa shape index (κ1) is 18.5. The lowest BCUT2D eigenvalue weighted by molar-refractivity contribution is -0.481. The molecule has 0 radical (unpaired) electrons. The molecule has 0 saturated carbocycles. The smallest absolute Gasteiger partial charge is 0.214 e. The number of para-hydroxylation sites is 1. The third-order valence-electron chi connectivity index (χ3n) is 4.83. The van der Waals surface area contributed by atoms with Crippen molar-refractivity contribution in [1.82, 2.24) is 4.98 Å². The largest absolute Gasteiger partial charge is 0.354 e. The summed E-state index contributed by atoms with van der Waals surface area (Å²) in [5.74, 6) is -0.522. The average molecular weight is 411 g/mol. The van der Waals surface area contributed by atoms with Crippen molar-refractivity contribution in [1.29, 1.82) is 0 Å². The topological polar surface area (TPSA) is 58.9 Å². The minimum absolute atomic E-state index is 0.275. The molecule has 1 heterocycles. The molecule has 0 aliphatic heterocycles. The highest BCUT2D eigenvalue weighted by molar-refractivity contribution is 6.35. The molecular formula is C22H16Cl2N2O2. The molecule has 0 aliphatic rings. The molecule has 1 N–H and O–H groups in total. The van der Waals surface area contributed by atoms with Gasteiger partial charge in [0.2, 0.25) is 6.54 Å². The zero-order valence-corrected chi connectivity index (χ0v) is 16.2. The van der Waals surface area contributed by atoms with E-state index in [1.165, 1.54) is 0 Å². The number of aromatic amines is 1. The highest BCUT2D eigenvalue weighted by Gasteiger charge is 2.29. The Morgan fingerprint density at radius 2 is 1.68 bits per heavy atom. The van der Waals surface area contributed by atoms with E-state index < -0.39 is 5.92 Å². The Balaban J connectivity index is 2.01. The van der Waals surface area contributed by atoms with Crippen molar-refractivity contribution in [3.63, 3.8) is 0 Å². The van der Waals surface area contributed by atoms with Gasteiger partial charge in [-0.15, -0.1) is 0 Å². The molecule has 140 valence electrons. The maximum atomic E-state index is 11.6. The summed E-state index contributed by atoms with van der Waals surface area (Å²) in [6.45, 7) is -0.275. The van der Waals surface area contributed by atoms with Crippen LogP contribution in [-0.4, -0.2) is 16.5 Å². The number of nitro groups is 1. The maximum absolute atomic E-state index is 11.6. The van der Waals surface area contributed by atoms with Crippen LogP contribution < -0.4 is 0 Å². The number of hydrogen-bond donors (Lipinski definition) is 1. The zero-order valence-electron chi connectivity index (χ0n) is 14.7. The Labute approximate surface area is 171 Å². The Morgan fingerprint density at radius 1 is 0.964 bits per heavy atom. The molecule has 4 aromatic rings. The third kappa shape index (κ3) is 3.49. The second-order valence-corrected chi connectivity index (χ2v) is 7.40. The van der Waals surface area contributed by atoms with E-state index in [4.69, 9.17) is 23.2 Å². The minimum atomic E-state index is -0.522. The fourth-order valence-electron chi connectivity index (χ4n) is 3.64. The number of fused-ring (bicyclic) bond motifs is 1. The van der Waals surface area contributed by atoms with Gasteiger partial charge in [0.15, 0.2) is 0 Å². The SMILES string of the molecule is O=[N+]([O-])C[C@H](c1ccc(Cl)cc1Cl)c1c(-c2ccccc2)[nH]c2ccccc12. The van der Waals surface area contributed by atoms with Crippen LogP contribution in [0.15, 0.2) is 72.8 Å². The lowest BCUT2D eigenvalue weighted by atomic mass is 9.87. The highest BCUT2D eigenvalue weighted by Crippen LogP contribution is 2.41. The summed E-state index contributed by atoms with van der Waals surface area (Å²) in [6, 6.07) is 22.7. The quantitative estimate of drug-likeness (QED) is 0.299. The Kier molecular flexibility index (Phi) is 5.07. The van der Waals surface area contributed by atoms with Crippen LogP contribution in [0, 0.1) is 10.1 Å². The predicted octanol–water partition coefficient (Wildman–Crippen LogP) is 6.55. The van der Waals surface area contributed by atoms with Gasteiger partial charge in [0, 0.05) is 25.9 Å². The van der Waals surface area contributed by atoms with Gasteiger partial charge in [-0.3, -0.25) is 10.1 Å². The number of nitrogens with one attached hydrogen (secondary N) is 1. The summed E-state index contributed by atoms with van der Waals surface area (Å²) >= 11 is 12.5. The van der Waals surface area contributed by atoms with E-state index in [1.54, 1.807) is 18.2 Å². The molecule has 1 aromatic heterocycles. The summed E-state index contributed by atoms with van der Waals surface area (Å²) < 4.78 is 0. The molecule has 0 spiro atoms. The van der Waals surface area contributed by atoms with Crippen LogP contribution in [0.4, 0.5) is 0 Å². The number of aromatic nitrogens is 1. The summed E-state index contributed by atoms with van der Waals surface area (Å²) in [7, 11) is 0. The fourth-order valence-corrected chi connectivity index (χ4v) is 4.18. The first-order valence-electron chi connectivity index (χ1n) is 8.77. The van der Waals surface area contributed by atoms with Gasteiger partial charge in [0.25, 0.3) is 0 Å². The highest BCUT2D eigenvalue weighted by atomic mass is 35.5. The molecule has 0 saturated heterocycles. The van der Waals surface area contributed by atoms with E-state index in [0.717, 1.165) is 27.7 Å². The van der Waals surface area contributed by atoms with Crippen LogP contribution in [-0.2, 0) is 0 Å². The molecule has 4 rings (SSSR count). The minimum Gasteiger partial charge on any atom is -0.354 e. The molecule has 1 atom stereocenters. The number of rotatable bonds is 5. The van der Waals surface area contributed by atoms with Gasteiger partial charge in [0.05, 0.1) is 11.6 Å². The molecule has 0 bridgehead atoms. The van der Waals surface area contributed by atoms with E-state index in [-0.39, 0.29) is 11.5 Å². The molecule has 0 unspecified atom stereocenters. The second-order valence-electron chi connectivity index (χ2n) is 6.56. The van der Waals surface area contributed by atoms with E-state index in [1.807, 2.05) is 54.6 Å². The van der Waals surface area contributed by atoms with Crippen molar-refractivity contribution in [3.8, 4) is 11.3 Å². The van der Waals surface area contributed by atoms with Gasteiger partial charge >= 0.3 is 0 Å². The Bertz CT molecular complexity index is 1160. The van der Waals surface area contributed by atoms with E-state index in [2.05, 4.69) is 4.98 Å². The molecule has 4 nitrogen and oxygen atoms in total. The lowest BCUT2D eigenvalue weighted by Gasteiger charge is -2.17. The maximum Gasteiger partial charge on any atom is 0.214 e. The van der Waals surface area contributed by atoms with Gasteiger partial charge in [-0.1, -0.05) is 77.8 Å². The predicted molar refractivity (Wildman–Crippen MR) is 114 cm³/mol. The van der Waals surface area contributed by atoms with Gasteiger partial charge in [-0.2, -0.15) is 0 Å². The summed E-state index contributed by atoms with van der Waals surface area (Å²) in [6.07, 6.45) is 0. The third-order valence-corrected chi connectivity index (χ3v) is 5.39. The number of benzene rings is 3. The van der Waals surface area contributed by atoms with Crippen LogP contribution >= 0.6 is 23.2 Å². The van der Waals surface area contributed by atoms with Crippen molar-refractivity contribution < 1.29 is 4.92 Å². The second kappa shape index (κ2) is 7.66. The van der Waals surface area contributed by atoms with Gasteiger partial charge in [-0.05, 0) is 34.9 Å². The van der Waals surface area contributed by atoms with E-state index >= 15 is 0 Å². The number of halogens is 2. The molecule has 0 aliphatic carbocycles. The van der Waals surface area contributed by atoms with Crippen molar-refractivity contribution in [2.24, 2.45) is 0 Å². The molecule has 3 aromatic carbocycles. The molecule has 6 heteroatoms. The molecule has 0 fully saturated rings. The van der Waals surface area contributed by atoms with Crippen LogP contribution in [0.2, 0.25) is 10.0 Å². The van der Waals surface area contributed by atoms with E-state index in [9.17, 15) is 10.1 Å². The normalized spacial score (nSPS) is 12.2. The first-order valence-corrected chi connectivity index (χ1v) is 9.53. The molecule has 0 amide bonds. The van der Waals surface area contributed by atoms with Crippen molar-refractivity contribution in [2.75, 3.05) is 6.54 Å². The van der Waals surface area contributed by atoms with Crippen molar-refractivity contribution in [3.05, 3.63) is 104 Å². The van der Waals surface area contributed by atoms with Gasteiger partial charge in [-0.25, -0.2) is 0 Å². The Hall–Kier alpha value is -2.82.